The van der Waals surface area contributed by atoms with Gasteiger partial charge in [0.2, 0.25) is 0 Å². The Bertz CT molecular complexity index is 842. The van der Waals surface area contributed by atoms with Gasteiger partial charge in [0, 0.05) is 12.8 Å². The first-order valence-corrected chi connectivity index (χ1v) is 8.99. The van der Waals surface area contributed by atoms with Gasteiger partial charge < -0.3 is 15.0 Å². The van der Waals surface area contributed by atoms with Crippen LogP contribution in [0.4, 0.5) is 0 Å². The molecule has 0 saturated carbocycles. The summed E-state index contributed by atoms with van der Waals surface area (Å²) in [5, 5.41) is 19.9. The maximum atomic E-state index is 12.9. The number of carbonyl (C=O) groups excluding carboxylic acids is 4. The van der Waals surface area contributed by atoms with E-state index in [1.165, 1.54) is 55.5 Å². The maximum absolute atomic E-state index is 12.9. The topological polar surface area (TPSA) is 109 Å². The summed E-state index contributed by atoms with van der Waals surface area (Å²) in [6.07, 6.45) is 1.09. The fourth-order valence-electron chi connectivity index (χ4n) is 2.90. The molecule has 0 atom stereocenters. The quantitative estimate of drug-likeness (QED) is 0.370. The first-order valence-electron chi connectivity index (χ1n) is 8.99. The van der Waals surface area contributed by atoms with Crippen molar-refractivity contribution in [2.45, 2.75) is 32.6 Å². The molecule has 0 fully saturated rings. The van der Waals surface area contributed by atoms with E-state index >= 15 is 0 Å². The van der Waals surface area contributed by atoms with E-state index in [1.54, 1.807) is 0 Å². The Balaban J connectivity index is 2.32. The van der Waals surface area contributed by atoms with Crippen molar-refractivity contribution in [2.75, 3.05) is 0 Å². The monoisotopic (exact) mass is 382 g/mol. The van der Waals surface area contributed by atoms with Crippen LogP contribution in [0.3, 0.4) is 0 Å². The lowest BCUT2D eigenvalue weighted by Gasteiger charge is -2.15. The average molecular weight is 382 g/mol. The van der Waals surface area contributed by atoms with E-state index in [1.807, 2.05) is 0 Å². The Hall–Kier alpha value is -3.28. The standard InChI is InChI=1S/C22H22O6/c1-14(23)8-2-5-13-19(26)20(21(27)15-9-3-6-11-17(15)24)22(28)16-10-4-7-12-18(16)25/h3-4,6-7,9-12,20,24-25H,2,5,8,13H2,1H3. The summed E-state index contributed by atoms with van der Waals surface area (Å²) in [6, 6.07) is 11.4. The molecular formula is C22H22O6. The van der Waals surface area contributed by atoms with Gasteiger partial charge in [-0.15, -0.1) is 0 Å². The number of para-hydroxylation sites is 2. The highest BCUT2D eigenvalue weighted by molar-refractivity contribution is 6.29. The first-order chi connectivity index (χ1) is 13.3. The Morgan fingerprint density at radius 2 is 1.18 bits per heavy atom. The molecule has 0 aliphatic carbocycles. The van der Waals surface area contributed by atoms with Crippen LogP contribution in [0, 0.1) is 5.92 Å². The van der Waals surface area contributed by atoms with Crippen LogP contribution in [-0.4, -0.2) is 33.3 Å². The van der Waals surface area contributed by atoms with Crippen molar-refractivity contribution in [3.63, 3.8) is 0 Å². The second-order valence-corrected chi connectivity index (χ2v) is 6.57. The summed E-state index contributed by atoms with van der Waals surface area (Å²) in [5.74, 6) is -4.56. The third-order valence-electron chi connectivity index (χ3n) is 4.39. The van der Waals surface area contributed by atoms with Crippen molar-refractivity contribution in [1.29, 1.82) is 0 Å². The summed E-state index contributed by atoms with van der Waals surface area (Å²) in [4.78, 5) is 49.7. The Morgan fingerprint density at radius 1 is 0.750 bits per heavy atom. The van der Waals surface area contributed by atoms with E-state index in [9.17, 15) is 29.4 Å². The molecule has 2 rings (SSSR count). The Morgan fingerprint density at radius 3 is 1.61 bits per heavy atom. The summed E-state index contributed by atoms with van der Waals surface area (Å²) in [5.41, 5.74) is -0.262. The number of hydrogen-bond acceptors (Lipinski definition) is 6. The van der Waals surface area contributed by atoms with Crippen LogP contribution < -0.4 is 0 Å². The molecule has 0 aliphatic heterocycles. The van der Waals surface area contributed by atoms with Crippen LogP contribution in [-0.2, 0) is 9.59 Å². The minimum absolute atomic E-state index is 0.000400. The number of unbranched alkanes of at least 4 members (excludes halogenated alkanes) is 1. The molecule has 2 N–H and O–H groups in total. The third-order valence-corrected chi connectivity index (χ3v) is 4.39. The SMILES string of the molecule is CC(=O)CCCCC(=O)C(C(=O)c1ccccc1O)C(=O)c1ccccc1O. The number of Topliss-reactive ketones (excluding diaryl/α,β-unsaturated/α-hetero) is 4. The van der Waals surface area contributed by atoms with Crippen LogP contribution in [0.15, 0.2) is 48.5 Å². The Labute approximate surface area is 162 Å². The van der Waals surface area contributed by atoms with Crippen molar-refractivity contribution in [3.8, 4) is 11.5 Å². The van der Waals surface area contributed by atoms with Gasteiger partial charge in [-0.2, -0.15) is 0 Å². The molecule has 0 saturated heterocycles. The van der Waals surface area contributed by atoms with E-state index in [4.69, 9.17) is 0 Å². The van der Waals surface area contributed by atoms with Crippen LogP contribution in [0.25, 0.3) is 0 Å². The summed E-state index contributed by atoms with van der Waals surface area (Å²) in [7, 11) is 0. The second-order valence-electron chi connectivity index (χ2n) is 6.57. The average Bonchev–Trinajstić information content (AvgIpc) is 2.65. The van der Waals surface area contributed by atoms with Crippen molar-refractivity contribution in [1.82, 2.24) is 0 Å². The predicted octanol–water partition coefficient (Wildman–Crippen LogP) is 3.50. The highest BCUT2D eigenvalue weighted by Gasteiger charge is 2.36. The number of benzene rings is 2. The molecule has 2 aromatic carbocycles. The minimum atomic E-state index is -1.67. The summed E-state index contributed by atoms with van der Waals surface area (Å²) in [6.45, 7) is 1.45. The van der Waals surface area contributed by atoms with Crippen LogP contribution in [0.1, 0.15) is 53.3 Å². The van der Waals surface area contributed by atoms with Crippen molar-refractivity contribution in [3.05, 3.63) is 59.7 Å². The molecular weight excluding hydrogens is 360 g/mol. The van der Waals surface area contributed by atoms with Gasteiger partial charge in [-0.1, -0.05) is 24.3 Å². The number of carbonyl (C=O) groups is 4. The molecule has 0 amide bonds. The number of phenols is 2. The van der Waals surface area contributed by atoms with Crippen LogP contribution in [0.5, 0.6) is 11.5 Å². The highest BCUT2D eigenvalue weighted by atomic mass is 16.3. The molecule has 6 nitrogen and oxygen atoms in total. The molecule has 0 bridgehead atoms. The van der Waals surface area contributed by atoms with E-state index in [-0.39, 0.29) is 34.8 Å². The zero-order chi connectivity index (χ0) is 20.7. The summed E-state index contributed by atoms with van der Waals surface area (Å²) >= 11 is 0. The predicted molar refractivity (Wildman–Crippen MR) is 103 cm³/mol. The minimum Gasteiger partial charge on any atom is -0.507 e. The Kier molecular flexibility index (Phi) is 7.21. The maximum Gasteiger partial charge on any atom is 0.184 e. The van der Waals surface area contributed by atoms with Gasteiger partial charge in [-0.05, 0) is 44.0 Å². The molecule has 0 spiro atoms. The molecule has 28 heavy (non-hydrogen) atoms. The van der Waals surface area contributed by atoms with Crippen molar-refractivity contribution < 1.29 is 29.4 Å². The fourth-order valence-corrected chi connectivity index (χ4v) is 2.90. The van der Waals surface area contributed by atoms with E-state index in [2.05, 4.69) is 0 Å². The van der Waals surface area contributed by atoms with Crippen molar-refractivity contribution in [2.24, 2.45) is 5.92 Å². The van der Waals surface area contributed by atoms with Gasteiger partial charge in [0.25, 0.3) is 0 Å². The number of aromatic hydroxyl groups is 2. The van der Waals surface area contributed by atoms with Gasteiger partial charge in [-0.3, -0.25) is 14.4 Å². The lowest BCUT2D eigenvalue weighted by molar-refractivity contribution is -0.121. The van der Waals surface area contributed by atoms with Gasteiger partial charge in [0.1, 0.15) is 23.2 Å². The smallest absolute Gasteiger partial charge is 0.184 e. The molecule has 0 unspecified atom stereocenters. The lowest BCUT2D eigenvalue weighted by atomic mass is 9.84. The van der Waals surface area contributed by atoms with Crippen LogP contribution >= 0.6 is 0 Å². The largest absolute Gasteiger partial charge is 0.507 e. The fraction of sp³-hybridized carbons (Fsp3) is 0.273. The normalized spacial score (nSPS) is 10.6. The zero-order valence-corrected chi connectivity index (χ0v) is 15.6. The molecule has 0 heterocycles. The van der Waals surface area contributed by atoms with E-state index in [0.717, 1.165) is 0 Å². The van der Waals surface area contributed by atoms with Gasteiger partial charge in [0.05, 0.1) is 11.1 Å². The first kappa shape index (κ1) is 21.0. The second kappa shape index (κ2) is 9.60. The van der Waals surface area contributed by atoms with Gasteiger partial charge in [-0.25, -0.2) is 0 Å². The third kappa shape index (κ3) is 5.13. The molecule has 0 radical (unpaired) electrons. The molecule has 146 valence electrons. The molecule has 6 heteroatoms. The lowest BCUT2D eigenvalue weighted by Crippen LogP contribution is -2.32. The number of hydrogen-bond donors (Lipinski definition) is 2. The van der Waals surface area contributed by atoms with Gasteiger partial charge >= 0.3 is 0 Å². The molecule has 0 aliphatic rings. The summed E-state index contributed by atoms with van der Waals surface area (Å²) < 4.78 is 0. The number of phenolic OH excluding ortho intramolecular Hbond substituents is 2. The molecule has 2 aromatic rings. The molecule has 0 aromatic heterocycles. The van der Waals surface area contributed by atoms with E-state index in [0.29, 0.717) is 19.3 Å². The number of rotatable bonds is 10. The van der Waals surface area contributed by atoms with Gasteiger partial charge in [0.15, 0.2) is 17.3 Å². The highest BCUT2D eigenvalue weighted by Crippen LogP contribution is 2.27. The van der Waals surface area contributed by atoms with Crippen molar-refractivity contribution >= 4 is 23.1 Å². The van der Waals surface area contributed by atoms with Crippen LogP contribution in [0.2, 0.25) is 0 Å². The zero-order valence-electron chi connectivity index (χ0n) is 15.6. The number of ketones is 4. The van der Waals surface area contributed by atoms with E-state index < -0.39 is 23.3 Å².